The van der Waals surface area contributed by atoms with Gasteiger partial charge in [0.05, 0.1) is 33.6 Å². The van der Waals surface area contributed by atoms with Crippen LogP contribution in [0.5, 0.6) is 0 Å². The predicted octanol–water partition coefficient (Wildman–Crippen LogP) is 8.88. The Bertz CT molecular complexity index is 2150. The Morgan fingerprint density at radius 1 is 0.400 bits per heavy atom. The van der Waals surface area contributed by atoms with Gasteiger partial charge in [-0.3, -0.25) is 9.97 Å². The molecule has 0 radical (unpaired) electrons. The summed E-state index contributed by atoms with van der Waals surface area (Å²) >= 11 is 0. The van der Waals surface area contributed by atoms with Crippen molar-refractivity contribution in [2.24, 2.45) is 0 Å². The van der Waals surface area contributed by atoms with Gasteiger partial charge >= 0.3 is 0 Å². The second-order valence-corrected chi connectivity index (χ2v) is 9.92. The molecule has 0 amide bonds. The molecule has 0 aliphatic heterocycles. The standard InChI is InChI=1S/C36H22N4/c1-3-10-23(11-4-1)31-20-26(21-32(39-31)24-12-5-2-6-13-24)33-28-16-8-7-15-27(28)30-22-38-36-29(35(30)40-33)18-17-25-14-9-19-37-34(25)36/h1-22H. The predicted molar refractivity (Wildman–Crippen MR) is 164 cm³/mol. The smallest absolute Gasteiger partial charge is 0.0986 e. The van der Waals surface area contributed by atoms with Crippen LogP contribution in [0, 0.1) is 0 Å². The fourth-order valence-electron chi connectivity index (χ4n) is 5.60. The minimum Gasteiger partial charge on any atom is -0.254 e. The molecule has 0 atom stereocenters. The summed E-state index contributed by atoms with van der Waals surface area (Å²) < 4.78 is 0. The van der Waals surface area contributed by atoms with Gasteiger partial charge < -0.3 is 0 Å². The van der Waals surface area contributed by atoms with Crippen LogP contribution in [0.2, 0.25) is 0 Å². The average Bonchev–Trinajstić information content (AvgIpc) is 3.04. The van der Waals surface area contributed by atoms with Gasteiger partial charge in [-0.25, -0.2) is 9.97 Å². The van der Waals surface area contributed by atoms with Gasteiger partial charge in [-0.15, -0.1) is 0 Å². The van der Waals surface area contributed by atoms with E-state index >= 15 is 0 Å². The topological polar surface area (TPSA) is 51.6 Å². The number of aromatic nitrogens is 4. The lowest BCUT2D eigenvalue weighted by molar-refractivity contribution is 1.31. The summed E-state index contributed by atoms with van der Waals surface area (Å²) in [5, 5.41) is 5.30. The van der Waals surface area contributed by atoms with E-state index in [4.69, 9.17) is 15.0 Å². The van der Waals surface area contributed by atoms with Crippen molar-refractivity contribution < 1.29 is 0 Å². The van der Waals surface area contributed by atoms with E-state index in [1.165, 1.54) is 0 Å². The summed E-state index contributed by atoms with van der Waals surface area (Å²) in [6.45, 7) is 0. The van der Waals surface area contributed by atoms with Gasteiger partial charge in [-0.1, -0.05) is 97.1 Å². The van der Waals surface area contributed by atoms with Crippen molar-refractivity contribution in [3.63, 3.8) is 0 Å². The molecule has 0 bridgehead atoms. The van der Waals surface area contributed by atoms with Gasteiger partial charge in [0.25, 0.3) is 0 Å². The maximum Gasteiger partial charge on any atom is 0.0986 e. The Kier molecular flexibility index (Phi) is 5.10. The summed E-state index contributed by atoms with van der Waals surface area (Å²) in [5.74, 6) is 0. The van der Waals surface area contributed by atoms with Crippen molar-refractivity contribution in [3.05, 3.63) is 134 Å². The number of benzene rings is 4. The van der Waals surface area contributed by atoms with Crippen molar-refractivity contribution in [1.82, 2.24) is 19.9 Å². The van der Waals surface area contributed by atoms with Crippen LogP contribution in [0.25, 0.3) is 77.3 Å². The van der Waals surface area contributed by atoms with E-state index in [0.29, 0.717) is 0 Å². The summed E-state index contributed by atoms with van der Waals surface area (Å²) in [6.07, 6.45) is 3.77. The number of nitrogens with zero attached hydrogens (tertiary/aromatic N) is 4. The molecule has 8 aromatic rings. The van der Waals surface area contributed by atoms with Crippen molar-refractivity contribution in [1.29, 1.82) is 0 Å². The highest BCUT2D eigenvalue weighted by Crippen LogP contribution is 2.38. The molecule has 4 aromatic heterocycles. The maximum atomic E-state index is 5.38. The largest absolute Gasteiger partial charge is 0.254 e. The minimum atomic E-state index is 0.865. The van der Waals surface area contributed by atoms with E-state index in [2.05, 4.69) is 83.8 Å². The Hall–Kier alpha value is -5.48. The number of rotatable bonds is 3. The van der Waals surface area contributed by atoms with Gasteiger partial charge in [0.15, 0.2) is 0 Å². The van der Waals surface area contributed by atoms with Gasteiger partial charge in [0, 0.05) is 50.6 Å². The molecule has 8 rings (SSSR count). The fraction of sp³-hybridized carbons (Fsp3) is 0. The quantitative estimate of drug-likeness (QED) is 0.223. The summed E-state index contributed by atoms with van der Waals surface area (Å²) in [7, 11) is 0. The number of pyridine rings is 4. The monoisotopic (exact) mass is 510 g/mol. The molecule has 0 saturated carbocycles. The molecule has 4 heterocycles. The molecule has 4 aromatic carbocycles. The van der Waals surface area contributed by atoms with Crippen molar-refractivity contribution in [2.75, 3.05) is 0 Å². The maximum absolute atomic E-state index is 5.38. The molecular weight excluding hydrogens is 488 g/mol. The van der Waals surface area contributed by atoms with Crippen molar-refractivity contribution in [2.45, 2.75) is 0 Å². The van der Waals surface area contributed by atoms with Gasteiger partial charge in [0.2, 0.25) is 0 Å². The zero-order valence-electron chi connectivity index (χ0n) is 21.5. The molecule has 0 aliphatic carbocycles. The molecule has 4 nitrogen and oxygen atoms in total. The summed E-state index contributed by atoms with van der Waals surface area (Å²) in [5.41, 5.74) is 8.59. The van der Waals surface area contributed by atoms with Gasteiger partial charge in [0.1, 0.15) is 0 Å². The number of fused-ring (bicyclic) bond motifs is 7. The van der Waals surface area contributed by atoms with Crippen LogP contribution in [-0.4, -0.2) is 19.9 Å². The number of hydrogen-bond acceptors (Lipinski definition) is 4. The van der Waals surface area contributed by atoms with E-state index in [9.17, 15) is 0 Å². The Balaban J connectivity index is 1.47. The van der Waals surface area contributed by atoms with E-state index < -0.39 is 0 Å². The van der Waals surface area contributed by atoms with E-state index in [-0.39, 0.29) is 0 Å². The summed E-state index contributed by atoms with van der Waals surface area (Å²) in [6, 6.07) is 41.7. The SMILES string of the molecule is c1ccc(-c2cc(-c3nc4c(cnc5c4ccc4cccnc45)c4ccccc34)cc(-c3ccccc3)n2)cc1. The lowest BCUT2D eigenvalue weighted by Gasteiger charge is -2.14. The molecular formula is C36H22N4. The van der Waals surface area contributed by atoms with Crippen LogP contribution in [0.1, 0.15) is 0 Å². The molecule has 4 heteroatoms. The van der Waals surface area contributed by atoms with Crippen LogP contribution >= 0.6 is 0 Å². The first-order valence-electron chi connectivity index (χ1n) is 13.3. The van der Waals surface area contributed by atoms with Crippen LogP contribution in [-0.2, 0) is 0 Å². The van der Waals surface area contributed by atoms with Crippen molar-refractivity contribution >= 4 is 43.5 Å². The molecule has 40 heavy (non-hydrogen) atoms. The zero-order chi connectivity index (χ0) is 26.5. The Morgan fingerprint density at radius 3 is 1.80 bits per heavy atom. The van der Waals surface area contributed by atoms with E-state index in [1.54, 1.807) is 0 Å². The van der Waals surface area contributed by atoms with E-state index in [1.807, 2.05) is 54.9 Å². The number of hydrogen-bond donors (Lipinski definition) is 0. The third kappa shape index (κ3) is 3.62. The lowest BCUT2D eigenvalue weighted by atomic mass is 9.97. The molecule has 0 saturated heterocycles. The Labute approximate surface area is 230 Å². The molecule has 0 spiro atoms. The third-order valence-corrected chi connectivity index (χ3v) is 7.51. The molecule has 186 valence electrons. The second-order valence-electron chi connectivity index (χ2n) is 9.92. The Morgan fingerprint density at radius 2 is 1.07 bits per heavy atom. The van der Waals surface area contributed by atoms with Gasteiger partial charge in [-0.2, -0.15) is 0 Å². The molecule has 0 unspecified atom stereocenters. The van der Waals surface area contributed by atoms with Gasteiger partial charge in [-0.05, 0) is 29.7 Å². The third-order valence-electron chi connectivity index (χ3n) is 7.51. The fourth-order valence-corrected chi connectivity index (χ4v) is 5.60. The molecule has 0 fully saturated rings. The molecule has 0 aliphatic rings. The second kappa shape index (κ2) is 9.07. The molecule has 0 N–H and O–H groups in total. The lowest BCUT2D eigenvalue weighted by Crippen LogP contribution is -1.96. The van der Waals surface area contributed by atoms with E-state index in [0.717, 1.165) is 77.3 Å². The zero-order valence-corrected chi connectivity index (χ0v) is 21.5. The van der Waals surface area contributed by atoms with Crippen LogP contribution in [0.4, 0.5) is 0 Å². The first-order chi connectivity index (χ1) is 19.8. The highest BCUT2D eigenvalue weighted by Gasteiger charge is 2.17. The normalized spacial score (nSPS) is 11.5. The van der Waals surface area contributed by atoms with Crippen molar-refractivity contribution in [3.8, 4) is 33.8 Å². The highest BCUT2D eigenvalue weighted by molar-refractivity contribution is 6.20. The first-order valence-corrected chi connectivity index (χ1v) is 13.3. The van der Waals surface area contributed by atoms with Crippen LogP contribution < -0.4 is 0 Å². The first kappa shape index (κ1) is 22.5. The highest BCUT2D eigenvalue weighted by atomic mass is 14.8. The average molecular weight is 511 g/mol. The minimum absolute atomic E-state index is 0.865. The van der Waals surface area contributed by atoms with Crippen LogP contribution in [0.3, 0.4) is 0 Å². The van der Waals surface area contributed by atoms with Crippen LogP contribution in [0.15, 0.2) is 134 Å². The summed E-state index contributed by atoms with van der Waals surface area (Å²) in [4.78, 5) is 20.0.